The van der Waals surface area contributed by atoms with Crippen molar-refractivity contribution in [2.45, 2.75) is 64.0 Å². The van der Waals surface area contributed by atoms with Crippen LogP contribution < -0.4 is 15.4 Å². The van der Waals surface area contributed by atoms with Gasteiger partial charge < -0.3 is 15.4 Å². The maximum Gasteiger partial charge on any atom is 0.265 e. The maximum absolute atomic E-state index is 13.3. The van der Waals surface area contributed by atoms with Crippen LogP contribution in [0.4, 0.5) is 5.69 Å². The number of anilines is 1. The van der Waals surface area contributed by atoms with E-state index in [-0.39, 0.29) is 35.2 Å². The Hall–Kier alpha value is -2.13. The third-order valence-corrected chi connectivity index (χ3v) is 7.59. The van der Waals surface area contributed by atoms with Crippen molar-refractivity contribution in [2.24, 2.45) is 5.92 Å². The zero-order valence-corrected chi connectivity index (χ0v) is 18.1. The fraction of sp³-hybridized carbons (Fsp3) is 0.600. The SMILES string of the molecule is CC[C@H](C)NC(=O)[C@H]1CCCN(S(=O)(=O)c2cc3c(cc2C)NC(=O)[C@@H](C)O3)C1. The zero-order chi connectivity index (χ0) is 21.3. The third-order valence-electron chi connectivity index (χ3n) is 5.58. The van der Waals surface area contributed by atoms with Gasteiger partial charge in [0.15, 0.2) is 6.10 Å². The van der Waals surface area contributed by atoms with Gasteiger partial charge in [-0.1, -0.05) is 6.92 Å². The van der Waals surface area contributed by atoms with E-state index in [4.69, 9.17) is 4.74 Å². The van der Waals surface area contributed by atoms with Crippen LogP contribution in [0.1, 0.15) is 45.6 Å². The summed E-state index contributed by atoms with van der Waals surface area (Å²) in [5.41, 5.74) is 0.988. The van der Waals surface area contributed by atoms with Gasteiger partial charge in [0.25, 0.3) is 5.91 Å². The number of benzene rings is 1. The minimum Gasteiger partial charge on any atom is -0.479 e. The Morgan fingerprint density at radius 2 is 2.14 bits per heavy atom. The smallest absolute Gasteiger partial charge is 0.265 e. The summed E-state index contributed by atoms with van der Waals surface area (Å²) < 4.78 is 33.6. The van der Waals surface area contributed by atoms with Crippen LogP contribution in [-0.2, 0) is 19.6 Å². The first kappa shape index (κ1) is 21.6. The van der Waals surface area contributed by atoms with Crippen LogP contribution in [0.25, 0.3) is 0 Å². The molecule has 3 atom stereocenters. The number of aryl methyl sites for hydroxylation is 1. The number of hydrogen-bond donors (Lipinski definition) is 2. The molecule has 1 saturated heterocycles. The van der Waals surface area contributed by atoms with Crippen molar-refractivity contribution in [1.29, 1.82) is 0 Å². The number of rotatable bonds is 5. The van der Waals surface area contributed by atoms with Gasteiger partial charge in [-0.25, -0.2) is 8.42 Å². The lowest BCUT2D eigenvalue weighted by Gasteiger charge is -2.32. The van der Waals surface area contributed by atoms with E-state index in [1.807, 2.05) is 13.8 Å². The Bertz CT molecular complexity index is 915. The minimum absolute atomic E-state index is 0.0618. The largest absolute Gasteiger partial charge is 0.479 e. The summed E-state index contributed by atoms with van der Waals surface area (Å²) in [4.78, 5) is 24.4. The molecule has 1 aromatic carbocycles. The quantitative estimate of drug-likeness (QED) is 0.754. The molecule has 2 aliphatic rings. The summed E-state index contributed by atoms with van der Waals surface area (Å²) >= 11 is 0. The maximum atomic E-state index is 13.3. The normalized spacial score (nSPS) is 23.5. The predicted molar refractivity (Wildman–Crippen MR) is 109 cm³/mol. The average Bonchev–Trinajstić information content (AvgIpc) is 2.68. The van der Waals surface area contributed by atoms with Gasteiger partial charge in [-0.15, -0.1) is 0 Å². The van der Waals surface area contributed by atoms with Crippen molar-refractivity contribution < 1.29 is 22.7 Å². The molecule has 0 bridgehead atoms. The number of ether oxygens (including phenoxy) is 1. The molecule has 0 radical (unpaired) electrons. The van der Waals surface area contributed by atoms with Crippen molar-refractivity contribution in [2.75, 3.05) is 18.4 Å². The van der Waals surface area contributed by atoms with E-state index in [1.54, 1.807) is 19.9 Å². The molecule has 2 amide bonds. The highest BCUT2D eigenvalue weighted by Crippen LogP contribution is 2.36. The molecular weight excluding hydrogens is 394 g/mol. The number of carbonyl (C=O) groups is 2. The summed E-state index contributed by atoms with van der Waals surface area (Å²) in [6.45, 7) is 7.76. The molecule has 2 N–H and O–H groups in total. The van der Waals surface area contributed by atoms with Crippen LogP contribution in [-0.4, -0.2) is 49.8 Å². The number of piperidine rings is 1. The van der Waals surface area contributed by atoms with Crippen molar-refractivity contribution in [1.82, 2.24) is 9.62 Å². The summed E-state index contributed by atoms with van der Waals surface area (Å²) in [5, 5.41) is 5.68. The van der Waals surface area contributed by atoms with Gasteiger partial charge in [-0.05, 0) is 51.7 Å². The number of nitrogens with zero attached hydrogens (tertiary/aromatic N) is 1. The van der Waals surface area contributed by atoms with Crippen molar-refractivity contribution in [3.05, 3.63) is 17.7 Å². The van der Waals surface area contributed by atoms with Gasteiger partial charge in [0.1, 0.15) is 5.75 Å². The third kappa shape index (κ3) is 4.40. The average molecular weight is 424 g/mol. The van der Waals surface area contributed by atoms with E-state index in [1.165, 1.54) is 10.4 Å². The second-order valence-corrected chi connectivity index (χ2v) is 9.79. The fourth-order valence-corrected chi connectivity index (χ4v) is 5.34. The summed E-state index contributed by atoms with van der Waals surface area (Å²) in [7, 11) is -3.80. The Kier molecular flexibility index (Phi) is 6.19. The molecule has 2 aliphatic heterocycles. The van der Waals surface area contributed by atoms with Crippen LogP contribution in [0.5, 0.6) is 5.75 Å². The molecule has 8 nitrogen and oxygen atoms in total. The fourth-order valence-electron chi connectivity index (χ4n) is 3.60. The lowest BCUT2D eigenvalue weighted by Crippen LogP contribution is -2.47. The van der Waals surface area contributed by atoms with Gasteiger partial charge >= 0.3 is 0 Å². The highest BCUT2D eigenvalue weighted by Gasteiger charge is 2.35. The van der Waals surface area contributed by atoms with Gasteiger partial charge in [0.05, 0.1) is 16.5 Å². The van der Waals surface area contributed by atoms with Crippen LogP contribution in [0.15, 0.2) is 17.0 Å². The molecule has 9 heteroatoms. The number of carbonyl (C=O) groups excluding carboxylic acids is 2. The van der Waals surface area contributed by atoms with E-state index < -0.39 is 16.1 Å². The first-order valence-corrected chi connectivity index (χ1v) is 11.5. The molecule has 2 heterocycles. The predicted octanol–water partition coefficient (Wildman–Crippen LogP) is 2.03. The van der Waals surface area contributed by atoms with Crippen LogP contribution in [0, 0.1) is 12.8 Å². The number of sulfonamides is 1. The standard InChI is InChI=1S/C20H29N3O5S/c1-5-13(3)21-20(25)15-7-6-8-23(11-15)29(26,27)18-10-17-16(9-12(18)2)22-19(24)14(4)28-17/h9-10,13-15H,5-8,11H2,1-4H3,(H,21,25)(H,22,24)/t13-,14+,15-/m0/s1. The lowest BCUT2D eigenvalue weighted by atomic mass is 9.98. The van der Waals surface area contributed by atoms with Crippen LogP contribution in [0.2, 0.25) is 0 Å². The zero-order valence-electron chi connectivity index (χ0n) is 17.3. The molecule has 0 saturated carbocycles. The van der Waals surface area contributed by atoms with E-state index in [0.717, 1.165) is 6.42 Å². The summed E-state index contributed by atoms with van der Waals surface area (Å²) in [6, 6.07) is 3.15. The second-order valence-electron chi connectivity index (χ2n) is 7.88. The Morgan fingerprint density at radius 1 is 1.41 bits per heavy atom. The first-order valence-electron chi connectivity index (χ1n) is 10.1. The Morgan fingerprint density at radius 3 is 2.83 bits per heavy atom. The summed E-state index contributed by atoms with van der Waals surface area (Å²) in [5.74, 6) is -0.384. The molecule has 160 valence electrons. The monoisotopic (exact) mass is 423 g/mol. The number of amides is 2. The Balaban J connectivity index is 1.84. The van der Waals surface area contributed by atoms with Crippen molar-refractivity contribution in [3.63, 3.8) is 0 Å². The second kappa shape index (κ2) is 8.31. The van der Waals surface area contributed by atoms with Gasteiger partial charge in [0.2, 0.25) is 15.9 Å². The molecule has 0 aromatic heterocycles. The van der Waals surface area contributed by atoms with E-state index in [2.05, 4.69) is 10.6 Å². The molecule has 1 aromatic rings. The molecule has 0 unspecified atom stereocenters. The van der Waals surface area contributed by atoms with E-state index >= 15 is 0 Å². The van der Waals surface area contributed by atoms with Crippen LogP contribution in [0.3, 0.4) is 0 Å². The lowest BCUT2D eigenvalue weighted by molar-refractivity contribution is -0.126. The Labute approximate surface area is 172 Å². The van der Waals surface area contributed by atoms with Crippen LogP contribution >= 0.6 is 0 Å². The molecular formula is C20H29N3O5S. The molecule has 0 spiro atoms. The number of nitrogens with one attached hydrogen (secondary N) is 2. The highest BCUT2D eigenvalue weighted by molar-refractivity contribution is 7.89. The van der Waals surface area contributed by atoms with Gasteiger partial charge in [-0.2, -0.15) is 4.31 Å². The molecule has 0 aliphatic carbocycles. The van der Waals surface area contributed by atoms with E-state index in [9.17, 15) is 18.0 Å². The molecule has 1 fully saturated rings. The highest BCUT2D eigenvalue weighted by atomic mass is 32.2. The van der Waals surface area contributed by atoms with Gasteiger partial charge in [0, 0.05) is 25.2 Å². The number of fused-ring (bicyclic) bond motifs is 1. The molecule has 29 heavy (non-hydrogen) atoms. The van der Waals surface area contributed by atoms with E-state index in [0.29, 0.717) is 36.4 Å². The van der Waals surface area contributed by atoms with Crippen molar-refractivity contribution >= 4 is 27.5 Å². The molecule has 3 rings (SSSR count). The first-order chi connectivity index (χ1) is 13.6. The number of hydrogen-bond acceptors (Lipinski definition) is 5. The van der Waals surface area contributed by atoms with Crippen molar-refractivity contribution in [3.8, 4) is 5.75 Å². The minimum atomic E-state index is -3.80. The van der Waals surface area contributed by atoms with Gasteiger partial charge in [-0.3, -0.25) is 9.59 Å². The topological polar surface area (TPSA) is 105 Å². The summed E-state index contributed by atoms with van der Waals surface area (Å²) in [6.07, 6.45) is 1.43.